The van der Waals surface area contributed by atoms with Crippen LogP contribution in [0.3, 0.4) is 0 Å². The molecule has 32 heavy (non-hydrogen) atoms. The Morgan fingerprint density at radius 1 is 1.09 bits per heavy atom. The minimum Gasteiger partial charge on any atom is -0.283 e. The van der Waals surface area contributed by atoms with E-state index >= 15 is 0 Å². The van der Waals surface area contributed by atoms with E-state index in [1.165, 1.54) is 36.0 Å². The fourth-order valence-electron chi connectivity index (χ4n) is 5.54. The standard InChI is InChI=1S/C28H30N2OS/c1-3-17-30-26(31)24-25(29-27(30)32-19-22-13-6-5-11-20(22)2)23-14-8-7-12-21(23)18-28(24)15-9-4-10-16-28/h3,5-8,11-14H,1,4,9-10,15-19H2,2H3. The smallest absolute Gasteiger partial charge is 0.258 e. The largest absolute Gasteiger partial charge is 0.283 e. The number of aromatic nitrogens is 2. The summed E-state index contributed by atoms with van der Waals surface area (Å²) in [5.74, 6) is 0.793. The van der Waals surface area contributed by atoms with Crippen molar-refractivity contribution in [2.24, 2.45) is 0 Å². The van der Waals surface area contributed by atoms with Crippen LogP contribution >= 0.6 is 11.8 Å². The monoisotopic (exact) mass is 442 g/mol. The maximum atomic E-state index is 14.0. The topological polar surface area (TPSA) is 34.9 Å². The molecule has 1 spiro atoms. The van der Waals surface area contributed by atoms with E-state index in [-0.39, 0.29) is 11.0 Å². The van der Waals surface area contributed by atoms with Gasteiger partial charge in [-0.1, -0.05) is 85.6 Å². The molecule has 0 aliphatic heterocycles. The molecular formula is C28H30N2OS. The third-order valence-corrected chi connectivity index (χ3v) is 8.23. The van der Waals surface area contributed by atoms with Gasteiger partial charge in [0.15, 0.2) is 5.16 Å². The highest BCUT2D eigenvalue weighted by atomic mass is 32.2. The molecule has 4 heteroatoms. The molecule has 0 atom stereocenters. The first-order chi connectivity index (χ1) is 15.6. The van der Waals surface area contributed by atoms with Crippen molar-refractivity contribution in [3.8, 4) is 11.3 Å². The highest BCUT2D eigenvalue weighted by Crippen LogP contribution is 2.48. The number of aryl methyl sites for hydroxylation is 1. The first-order valence-electron chi connectivity index (χ1n) is 11.6. The van der Waals surface area contributed by atoms with Crippen molar-refractivity contribution in [2.45, 2.75) is 68.3 Å². The maximum absolute atomic E-state index is 14.0. The minimum atomic E-state index is -0.0752. The Morgan fingerprint density at radius 2 is 1.84 bits per heavy atom. The van der Waals surface area contributed by atoms with E-state index in [2.05, 4.69) is 62.0 Å². The van der Waals surface area contributed by atoms with Crippen LogP contribution in [0.5, 0.6) is 0 Å². The van der Waals surface area contributed by atoms with Gasteiger partial charge in [-0.05, 0) is 42.9 Å². The molecule has 3 aromatic rings. The van der Waals surface area contributed by atoms with Gasteiger partial charge in [0.1, 0.15) is 0 Å². The first-order valence-corrected chi connectivity index (χ1v) is 12.6. The van der Waals surface area contributed by atoms with Gasteiger partial charge in [-0.25, -0.2) is 4.98 Å². The van der Waals surface area contributed by atoms with Gasteiger partial charge in [-0.3, -0.25) is 9.36 Å². The first kappa shape index (κ1) is 21.3. The Bertz CT molecular complexity index is 1220. The minimum absolute atomic E-state index is 0.0752. The van der Waals surface area contributed by atoms with Gasteiger partial charge in [0.05, 0.1) is 11.3 Å². The van der Waals surface area contributed by atoms with Crippen molar-refractivity contribution >= 4 is 11.8 Å². The molecule has 2 aliphatic carbocycles. The Balaban J connectivity index is 1.67. The molecule has 2 aliphatic rings. The molecule has 1 heterocycles. The number of thioether (sulfide) groups is 1. The van der Waals surface area contributed by atoms with E-state index in [4.69, 9.17) is 4.98 Å². The second-order valence-electron chi connectivity index (χ2n) is 9.21. The summed E-state index contributed by atoms with van der Waals surface area (Å²) in [7, 11) is 0. The number of nitrogens with zero attached hydrogens (tertiary/aromatic N) is 2. The Morgan fingerprint density at radius 3 is 2.62 bits per heavy atom. The lowest BCUT2D eigenvalue weighted by molar-refractivity contribution is 0.282. The molecular weight excluding hydrogens is 412 g/mol. The summed E-state index contributed by atoms with van der Waals surface area (Å²) in [6.45, 7) is 6.55. The predicted molar refractivity (Wildman–Crippen MR) is 133 cm³/mol. The second-order valence-corrected chi connectivity index (χ2v) is 10.2. The summed E-state index contributed by atoms with van der Waals surface area (Å²) in [4.78, 5) is 19.3. The highest BCUT2D eigenvalue weighted by Gasteiger charge is 2.43. The fourth-order valence-corrected chi connectivity index (χ4v) is 6.61. The molecule has 1 aromatic heterocycles. The zero-order chi connectivity index (χ0) is 22.1. The molecule has 5 rings (SSSR count). The van der Waals surface area contributed by atoms with Gasteiger partial charge in [-0.2, -0.15) is 0 Å². The molecule has 2 aromatic carbocycles. The SMILES string of the molecule is C=CCn1c(SCc2ccccc2C)nc2c(c1=O)C1(CCCCC1)Cc1ccccc1-2. The normalized spacial score (nSPS) is 16.4. The van der Waals surface area contributed by atoms with E-state index in [0.29, 0.717) is 6.54 Å². The summed E-state index contributed by atoms with van der Waals surface area (Å²) in [6.07, 6.45) is 8.56. The molecule has 1 fully saturated rings. The van der Waals surface area contributed by atoms with E-state index in [9.17, 15) is 4.79 Å². The molecule has 1 saturated carbocycles. The number of hydrogen-bond acceptors (Lipinski definition) is 3. The number of rotatable bonds is 5. The molecule has 3 nitrogen and oxygen atoms in total. The summed E-state index contributed by atoms with van der Waals surface area (Å²) in [6, 6.07) is 17.0. The van der Waals surface area contributed by atoms with E-state index in [1.807, 2.05) is 10.6 Å². The fraction of sp³-hybridized carbons (Fsp3) is 0.357. The lowest BCUT2D eigenvalue weighted by Crippen LogP contribution is -2.43. The zero-order valence-electron chi connectivity index (χ0n) is 18.8. The van der Waals surface area contributed by atoms with Crippen LogP contribution in [0.25, 0.3) is 11.3 Å². The van der Waals surface area contributed by atoms with Crippen molar-refractivity contribution in [3.63, 3.8) is 0 Å². The Labute approximate surface area is 194 Å². The lowest BCUT2D eigenvalue weighted by atomic mass is 9.62. The van der Waals surface area contributed by atoms with Gasteiger partial charge in [0.25, 0.3) is 5.56 Å². The van der Waals surface area contributed by atoms with E-state index < -0.39 is 0 Å². The van der Waals surface area contributed by atoms with Gasteiger partial charge >= 0.3 is 0 Å². The summed E-state index contributed by atoms with van der Waals surface area (Å²) in [5, 5.41) is 0.791. The van der Waals surface area contributed by atoms with E-state index in [0.717, 1.165) is 47.0 Å². The van der Waals surface area contributed by atoms with Crippen molar-refractivity contribution < 1.29 is 0 Å². The Hall–Kier alpha value is -2.59. The average Bonchev–Trinajstić information content (AvgIpc) is 2.81. The number of fused-ring (bicyclic) bond motifs is 4. The number of hydrogen-bond donors (Lipinski definition) is 0. The quantitative estimate of drug-likeness (QED) is 0.258. The van der Waals surface area contributed by atoms with Gasteiger partial charge in [-0.15, -0.1) is 6.58 Å². The van der Waals surface area contributed by atoms with Crippen LogP contribution < -0.4 is 5.56 Å². The summed E-state index contributed by atoms with van der Waals surface area (Å²) in [5.41, 5.74) is 6.96. The lowest BCUT2D eigenvalue weighted by Gasteiger charge is -2.42. The average molecular weight is 443 g/mol. The van der Waals surface area contributed by atoms with Crippen molar-refractivity contribution in [3.05, 3.63) is 93.8 Å². The van der Waals surface area contributed by atoms with Gasteiger partial charge < -0.3 is 0 Å². The molecule has 0 N–H and O–H groups in total. The molecule has 0 bridgehead atoms. The number of benzene rings is 2. The van der Waals surface area contributed by atoms with Crippen LogP contribution in [0.15, 0.2) is 71.1 Å². The van der Waals surface area contributed by atoms with Crippen LogP contribution in [0.1, 0.15) is 54.4 Å². The molecule has 0 saturated heterocycles. The highest BCUT2D eigenvalue weighted by molar-refractivity contribution is 7.98. The molecule has 164 valence electrons. The van der Waals surface area contributed by atoms with Crippen molar-refractivity contribution in [2.75, 3.05) is 0 Å². The molecule has 0 unspecified atom stereocenters. The van der Waals surface area contributed by atoms with Gasteiger partial charge in [0, 0.05) is 23.3 Å². The predicted octanol–water partition coefficient (Wildman–Crippen LogP) is 6.46. The van der Waals surface area contributed by atoms with E-state index in [1.54, 1.807) is 11.8 Å². The van der Waals surface area contributed by atoms with Gasteiger partial charge in [0.2, 0.25) is 0 Å². The maximum Gasteiger partial charge on any atom is 0.258 e. The number of allylic oxidation sites excluding steroid dienone is 1. The molecule has 0 amide bonds. The van der Waals surface area contributed by atoms with Crippen LogP contribution in [0.2, 0.25) is 0 Å². The molecule has 0 radical (unpaired) electrons. The van der Waals surface area contributed by atoms with Crippen LogP contribution in [-0.4, -0.2) is 9.55 Å². The zero-order valence-corrected chi connectivity index (χ0v) is 19.6. The third kappa shape index (κ3) is 3.65. The summed E-state index contributed by atoms with van der Waals surface area (Å²) < 4.78 is 1.86. The van der Waals surface area contributed by atoms with Crippen LogP contribution in [0.4, 0.5) is 0 Å². The summed E-state index contributed by atoms with van der Waals surface area (Å²) >= 11 is 1.66. The van der Waals surface area contributed by atoms with Crippen LogP contribution in [0, 0.1) is 6.92 Å². The third-order valence-electron chi connectivity index (χ3n) is 7.21. The van der Waals surface area contributed by atoms with Crippen molar-refractivity contribution in [1.29, 1.82) is 0 Å². The Kier molecular flexibility index (Phi) is 5.81. The van der Waals surface area contributed by atoms with Crippen molar-refractivity contribution in [1.82, 2.24) is 9.55 Å². The van der Waals surface area contributed by atoms with Crippen LogP contribution in [-0.2, 0) is 24.1 Å². The second kappa shape index (κ2) is 8.74.